The van der Waals surface area contributed by atoms with Gasteiger partial charge in [-0.15, -0.1) is 0 Å². The van der Waals surface area contributed by atoms with Crippen molar-refractivity contribution in [2.24, 2.45) is 0 Å². The van der Waals surface area contributed by atoms with Crippen LogP contribution in [0.5, 0.6) is 11.5 Å². The van der Waals surface area contributed by atoms with Crippen molar-refractivity contribution in [3.8, 4) is 11.5 Å². The molecule has 27 heavy (non-hydrogen) atoms. The minimum Gasteiger partial charge on any atom is -0.493 e. The molecule has 3 rings (SSSR count). The number of benzene rings is 2. The van der Waals surface area contributed by atoms with Gasteiger partial charge in [-0.1, -0.05) is 42.8 Å². The molecule has 0 radical (unpaired) electrons. The summed E-state index contributed by atoms with van der Waals surface area (Å²) in [6.45, 7) is 9.16. The smallest absolute Gasteiger partial charge is 0.161 e. The van der Waals surface area contributed by atoms with Crippen molar-refractivity contribution in [1.29, 1.82) is 0 Å². The van der Waals surface area contributed by atoms with E-state index in [1.54, 1.807) is 7.11 Å². The summed E-state index contributed by atoms with van der Waals surface area (Å²) in [5, 5.41) is 3.60. The molecule has 4 nitrogen and oxygen atoms in total. The van der Waals surface area contributed by atoms with Gasteiger partial charge in [-0.05, 0) is 56.1 Å². The molecule has 0 aliphatic carbocycles. The van der Waals surface area contributed by atoms with Gasteiger partial charge in [-0.2, -0.15) is 0 Å². The molecule has 0 amide bonds. The van der Waals surface area contributed by atoms with E-state index in [1.807, 2.05) is 6.07 Å². The second kappa shape index (κ2) is 9.77. The third-order valence-electron chi connectivity index (χ3n) is 5.36. The molecule has 4 heteroatoms. The van der Waals surface area contributed by atoms with Gasteiger partial charge in [-0.3, -0.25) is 4.90 Å². The van der Waals surface area contributed by atoms with Gasteiger partial charge in [0.15, 0.2) is 11.5 Å². The summed E-state index contributed by atoms with van der Waals surface area (Å²) in [5.41, 5.74) is 3.63. The van der Waals surface area contributed by atoms with Crippen LogP contribution in [0.25, 0.3) is 0 Å². The lowest BCUT2D eigenvalue weighted by Crippen LogP contribution is -2.37. The molecule has 1 N–H and O–H groups in total. The van der Waals surface area contributed by atoms with Crippen LogP contribution in [0.2, 0.25) is 0 Å². The summed E-state index contributed by atoms with van der Waals surface area (Å²) in [5.74, 6) is 1.58. The summed E-state index contributed by atoms with van der Waals surface area (Å²) in [4.78, 5) is 2.57. The van der Waals surface area contributed by atoms with Crippen LogP contribution in [0.1, 0.15) is 36.5 Å². The number of ether oxygens (including phenoxy) is 2. The van der Waals surface area contributed by atoms with E-state index in [-0.39, 0.29) is 0 Å². The fraction of sp³-hybridized carbons (Fsp3) is 0.478. The van der Waals surface area contributed by atoms with Crippen molar-refractivity contribution < 1.29 is 9.47 Å². The lowest BCUT2D eigenvalue weighted by molar-refractivity contribution is 0.260. The van der Waals surface area contributed by atoms with Crippen LogP contribution in [0.4, 0.5) is 0 Å². The van der Waals surface area contributed by atoms with Crippen LogP contribution in [0.3, 0.4) is 0 Å². The number of rotatable bonds is 9. The highest BCUT2D eigenvalue weighted by Gasteiger charge is 2.22. The minimum absolute atomic E-state index is 0.544. The minimum atomic E-state index is 0.544. The van der Waals surface area contributed by atoms with Crippen LogP contribution in [-0.2, 0) is 13.2 Å². The normalized spacial score (nSPS) is 17.2. The van der Waals surface area contributed by atoms with Crippen LogP contribution < -0.4 is 14.8 Å². The Morgan fingerprint density at radius 1 is 1.07 bits per heavy atom. The number of likely N-dealkylation sites (N-methyl/N-ethyl adjacent to an activating group) is 1. The van der Waals surface area contributed by atoms with E-state index >= 15 is 0 Å². The Labute approximate surface area is 163 Å². The maximum absolute atomic E-state index is 5.97. The van der Waals surface area contributed by atoms with E-state index in [4.69, 9.17) is 9.47 Å². The van der Waals surface area contributed by atoms with Crippen LogP contribution in [-0.4, -0.2) is 37.7 Å². The predicted octanol–water partition coefficient (Wildman–Crippen LogP) is 4.16. The number of aryl methyl sites for hydroxylation is 1. The van der Waals surface area contributed by atoms with Crippen LogP contribution >= 0.6 is 0 Å². The van der Waals surface area contributed by atoms with Crippen molar-refractivity contribution in [3.05, 3.63) is 59.2 Å². The fourth-order valence-corrected chi connectivity index (χ4v) is 3.71. The lowest BCUT2D eigenvalue weighted by atomic mass is 10.1. The molecule has 0 spiro atoms. The van der Waals surface area contributed by atoms with E-state index in [0.29, 0.717) is 12.6 Å². The molecule has 0 bridgehead atoms. The average molecular weight is 369 g/mol. The molecular weight excluding hydrogens is 336 g/mol. The molecule has 2 aromatic carbocycles. The summed E-state index contributed by atoms with van der Waals surface area (Å²) in [6, 6.07) is 15.3. The molecule has 0 aromatic heterocycles. The topological polar surface area (TPSA) is 33.7 Å². The second-order valence-electron chi connectivity index (χ2n) is 7.32. The number of hydrogen-bond acceptors (Lipinski definition) is 4. The first-order chi connectivity index (χ1) is 13.2. The summed E-state index contributed by atoms with van der Waals surface area (Å²) < 4.78 is 11.5. The Kier molecular flexibility index (Phi) is 7.13. The Hall–Kier alpha value is -2.04. The van der Waals surface area contributed by atoms with E-state index in [0.717, 1.165) is 36.7 Å². The SMILES string of the molecule is CCN1CCC[C@@H]1CNCc1ccc(OCc2ccc(C)cc2)c(OC)c1. The molecule has 1 aliphatic rings. The highest BCUT2D eigenvalue weighted by atomic mass is 16.5. The Morgan fingerprint density at radius 3 is 2.59 bits per heavy atom. The molecule has 146 valence electrons. The zero-order chi connectivity index (χ0) is 19.1. The van der Waals surface area contributed by atoms with Crippen molar-refractivity contribution >= 4 is 0 Å². The quantitative estimate of drug-likeness (QED) is 0.721. The fourth-order valence-electron chi connectivity index (χ4n) is 3.71. The highest BCUT2D eigenvalue weighted by Crippen LogP contribution is 2.29. The van der Waals surface area contributed by atoms with Gasteiger partial charge in [-0.25, -0.2) is 0 Å². The van der Waals surface area contributed by atoms with E-state index < -0.39 is 0 Å². The van der Waals surface area contributed by atoms with Gasteiger partial charge >= 0.3 is 0 Å². The van der Waals surface area contributed by atoms with Gasteiger partial charge in [0, 0.05) is 19.1 Å². The van der Waals surface area contributed by atoms with E-state index in [2.05, 4.69) is 60.5 Å². The molecule has 1 aliphatic heterocycles. The van der Waals surface area contributed by atoms with Crippen molar-refractivity contribution in [2.75, 3.05) is 26.7 Å². The zero-order valence-electron chi connectivity index (χ0n) is 16.8. The van der Waals surface area contributed by atoms with E-state index in [9.17, 15) is 0 Å². The van der Waals surface area contributed by atoms with Crippen molar-refractivity contribution in [3.63, 3.8) is 0 Å². The largest absolute Gasteiger partial charge is 0.493 e. The molecule has 1 heterocycles. The number of likely N-dealkylation sites (tertiary alicyclic amines) is 1. The molecule has 0 saturated carbocycles. The maximum atomic E-state index is 5.97. The van der Waals surface area contributed by atoms with Crippen molar-refractivity contribution in [2.45, 2.75) is 45.9 Å². The van der Waals surface area contributed by atoms with Gasteiger partial charge < -0.3 is 14.8 Å². The molecular formula is C23H32N2O2. The molecule has 2 aromatic rings. The molecule has 1 atom stereocenters. The number of hydrogen-bond donors (Lipinski definition) is 1. The first kappa shape index (κ1) is 19.7. The van der Waals surface area contributed by atoms with Gasteiger partial charge in [0.05, 0.1) is 7.11 Å². The third-order valence-corrected chi connectivity index (χ3v) is 5.36. The number of nitrogens with one attached hydrogen (secondary N) is 1. The summed E-state index contributed by atoms with van der Waals surface area (Å²) in [7, 11) is 1.70. The molecule has 0 unspecified atom stereocenters. The summed E-state index contributed by atoms with van der Waals surface area (Å²) in [6.07, 6.45) is 2.62. The molecule has 1 saturated heterocycles. The molecule has 1 fully saturated rings. The predicted molar refractivity (Wildman–Crippen MR) is 110 cm³/mol. The summed E-state index contributed by atoms with van der Waals surface area (Å²) >= 11 is 0. The van der Waals surface area contributed by atoms with Gasteiger partial charge in [0.1, 0.15) is 6.61 Å². The first-order valence-electron chi connectivity index (χ1n) is 9.99. The Morgan fingerprint density at radius 2 is 1.85 bits per heavy atom. The van der Waals surface area contributed by atoms with E-state index in [1.165, 1.54) is 30.5 Å². The van der Waals surface area contributed by atoms with Crippen LogP contribution in [0.15, 0.2) is 42.5 Å². The third kappa shape index (κ3) is 5.47. The maximum Gasteiger partial charge on any atom is 0.161 e. The highest BCUT2D eigenvalue weighted by molar-refractivity contribution is 5.43. The Bertz CT molecular complexity index is 715. The average Bonchev–Trinajstić information content (AvgIpc) is 3.15. The van der Waals surface area contributed by atoms with Crippen molar-refractivity contribution in [1.82, 2.24) is 10.2 Å². The number of nitrogens with zero attached hydrogens (tertiary/aromatic N) is 1. The van der Waals surface area contributed by atoms with Gasteiger partial charge in [0.25, 0.3) is 0 Å². The monoisotopic (exact) mass is 368 g/mol. The first-order valence-corrected chi connectivity index (χ1v) is 9.99. The lowest BCUT2D eigenvalue weighted by Gasteiger charge is -2.23. The standard InChI is InChI=1S/C23H32N2O2/c1-4-25-13-5-6-21(25)16-24-15-20-11-12-22(23(14-20)26-3)27-17-19-9-7-18(2)8-10-19/h7-12,14,21,24H,4-6,13,15-17H2,1-3H3/t21-/m1/s1. The van der Waals surface area contributed by atoms with Gasteiger partial charge in [0.2, 0.25) is 0 Å². The zero-order valence-corrected chi connectivity index (χ0v) is 16.8. The Balaban J connectivity index is 1.53. The van der Waals surface area contributed by atoms with Crippen LogP contribution in [0, 0.1) is 6.92 Å². The second-order valence-corrected chi connectivity index (χ2v) is 7.32. The number of methoxy groups -OCH3 is 1.